The molecule has 4 aromatic rings. The number of halogens is 1. The van der Waals surface area contributed by atoms with Gasteiger partial charge in [0.25, 0.3) is 0 Å². The van der Waals surface area contributed by atoms with E-state index < -0.39 is 0 Å². The number of hydrogen-bond acceptors (Lipinski definition) is 8. The van der Waals surface area contributed by atoms with Crippen LogP contribution >= 0.6 is 23.4 Å². The van der Waals surface area contributed by atoms with Gasteiger partial charge in [-0.3, -0.25) is 4.57 Å². The molecule has 1 aliphatic rings. The Labute approximate surface area is 195 Å². The molecule has 10 heteroatoms. The van der Waals surface area contributed by atoms with Gasteiger partial charge in [0.05, 0.1) is 18.6 Å². The summed E-state index contributed by atoms with van der Waals surface area (Å²) in [5.74, 6) is 3.89. The van der Waals surface area contributed by atoms with Gasteiger partial charge >= 0.3 is 0 Å². The first-order valence-electron chi connectivity index (χ1n) is 10.6. The Morgan fingerprint density at radius 1 is 1.22 bits per heavy atom. The third kappa shape index (κ3) is 4.68. The van der Waals surface area contributed by atoms with E-state index >= 15 is 0 Å². The Hall–Kier alpha value is -2.78. The maximum atomic E-state index is 6.07. The van der Waals surface area contributed by atoms with Gasteiger partial charge in [-0.05, 0) is 43.0 Å². The SMILES string of the molecule is CC1CCCN(c2nnc(SCc3nc(-c4cccc(Cl)c4)no3)n2Cc2ccco2)C1. The number of benzene rings is 1. The predicted molar refractivity (Wildman–Crippen MR) is 123 cm³/mol. The number of furan rings is 1. The summed E-state index contributed by atoms with van der Waals surface area (Å²) in [6.07, 6.45) is 4.09. The van der Waals surface area contributed by atoms with Gasteiger partial charge in [-0.2, -0.15) is 4.98 Å². The monoisotopic (exact) mass is 470 g/mol. The molecule has 0 bridgehead atoms. The van der Waals surface area contributed by atoms with Gasteiger partial charge in [-0.15, -0.1) is 10.2 Å². The molecule has 0 N–H and O–H groups in total. The second-order valence-electron chi connectivity index (χ2n) is 7.95. The Morgan fingerprint density at radius 2 is 2.16 bits per heavy atom. The summed E-state index contributed by atoms with van der Waals surface area (Å²) in [6.45, 7) is 4.81. The van der Waals surface area contributed by atoms with Crippen LogP contribution in [-0.4, -0.2) is 38.0 Å². The quantitative estimate of drug-likeness (QED) is 0.343. The molecule has 1 fully saturated rings. The predicted octanol–water partition coefficient (Wildman–Crippen LogP) is 5.15. The summed E-state index contributed by atoms with van der Waals surface area (Å²) >= 11 is 7.59. The molecular weight excluding hydrogens is 448 g/mol. The Kier molecular flexibility index (Phi) is 6.18. The Balaban J connectivity index is 1.35. The van der Waals surface area contributed by atoms with E-state index in [2.05, 4.69) is 36.7 Å². The van der Waals surface area contributed by atoms with Gasteiger partial charge in [0, 0.05) is 23.7 Å². The molecule has 0 radical (unpaired) electrons. The van der Waals surface area contributed by atoms with Crippen LogP contribution in [0.4, 0.5) is 5.95 Å². The maximum Gasteiger partial charge on any atom is 0.237 e. The molecule has 166 valence electrons. The first-order valence-corrected chi connectivity index (χ1v) is 11.9. The van der Waals surface area contributed by atoms with Gasteiger partial charge in [0.1, 0.15) is 5.76 Å². The van der Waals surface area contributed by atoms with Gasteiger partial charge in [-0.25, -0.2) is 0 Å². The molecule has 1 unspecified atom stereocenters. The molecule has 5 rings (SSSR count). The molecule has 0 spiro atoms. The van der Waals surface area contributed by atoms with Crippen molar-refractivity contribution in [3.63, 3.8) is 0 Å². The molecule has 0 saturated carbocycles. The van der Waals surface area contributed by atoms with E-state index in [1.807, 2.05) is 36.4 Å². The first kappa shape index (κ1) is 21.1. The van der Waals surface area contributed by atoms with Crippen molar-refractivity contribution in [1.82, 2.24) is 24.9 Å². The van der Waals surface area contributed by atoms with Gasteiger partial charge < -0.3 is 13.8 Å². The third-order valence-corrected chi connectivity index (χ3v) is 6.59. The summed E-state index contributed by atoms with van der Waals surface area (Å²) < 4.78 is 13.2. The fourth-order valence-electron chi connectivity index (χ4n) is 3.87. The number of aromatic nitrogens is 5. The van der Waals surface area contributed by atoms with Gasteiger partial charge in [0.15, 0.2) is 5.16 Å². The van der Waals surface area contributed by atoms with Crippen molar-refractivity contribution >= 4 is 29.3 Å². The summed E-state index contributed by atoms with van der Waals surface area (Å²) in [6, 6.07) is 11.3. The molecule has 1 atom stereocenters. The molecule has 32 heavy (non-hydrogen) atoms. The summed E-state index contributed by atoms with van der Waals surface area (Å²) in [4.78, 5) is 6.82. The van der Waals surface area contributed by atoms with Crippen molar-refractivity contribution < 1.29 is 8.94 Å². The topological polar surface area (TPSA) is 86.0 Å². The average Bonchev–Trinajstić information content (AvgIpc) is 3.54. The zero-order chi connectivity index (χ0) is 21.9. The van der Waals surface area contributed by atoms with Gasteiger partial charge in [0.2, 0.25) is 17.7 Å². The summed E-state index contributed by atoms with van der Waals surface area (Å²) in [5, 5.41) is 14.5. The largest absolute Gasteiger partial charge is 0.467 e. The van der Waals surface area contributed by atoms with Crippen LogP contribution in [0.5, 0.6) is 0 Å². The van der Waals surface area contributed by atoms with Crippen LogP contribution in [0.15, 0.2) is 56.8 Å². The van der Waals surface area contributed by atoms with Crippen LogP contribution in [0.2, 0.25) is 5.02 Å². The van der Waals surface area contributed by atoms with Crippen molar-refractivity contribution in [2.75, 3.05) is 18.0 Å². The Morgan fingerprint density at radius 3 is 2.97 bits per heavy atom. The number of nitrogens with zero attached hydrogens (tertiary/aromatic N) is 6. The molecule has 1 saturated heterocycles. The maximum absolute atomic E-state index is 6.07. The Bertz CT molecular complexity index is 1180. The third-order valence-electron chi connectivity index (χ3n) is 5.41. The van der Waals surface area contributed by atoms with Crippen LogP contribution in [0.3, 0.4) is 0 Å². The number of anilines is 1. The average molecular weight is 471 g/mol. The molecule has 4 heterocycles. The summed E-state index contributed by atoms with van der Waals surface area (Å²) in [7, 11) is 0. The second-order valence-corrected chi connectivity index (χ2v) is 9.33. The zero-order valence-corrected chi connectivity index (χ0v) is 19.2. The molecule has 1 aliphatic heterocycles. The van der Waals surface area contributed by atoms with Crippen molar-refractivity contribution in [2.45, 2.75) is 37.2 Å². The lowest BCUT2D eigenvalue weighted by atomic mass is 10.0. The van der Waals surface area contributed by atoms with Crippen LogP contribution in [0.1, 0.15) is 31.4 Å². The van der Waals surface area contributed by atoms with Gasteiger partial charge in [-0.1, -0.05) is 47.6 Å². The van der Waals surface area contributed by atoms with E-state index in [1.165, 1.54) is 18.2 Å². The lowest BCUT2D eigenvalue weighted by molar-refractivity contribution is 0.391. The van der Waals surface area contributed by atoms with Crippen LogP contribution in [0, 0.1) is 5.92 Å². The number of thioether (sulfide) groups is 1. The highest BCUT2D eigenvalue weighted by Crippen LogP contribution is 2.29. The standard InChI is InChI=1S/C22H23ClN6O2S/c1-15-5-3-9-28(12-15)21-25-26-22(29(21)13-18-8-4-10-30-18)32-14-19-24-20(27-31-19)16-6-2-7-17(23)11-16/h2,4,6-8,10-11,15H,3,5,9,12-14H2,1H3. The number of rotatable bonds is 7. The fraction of sp³-hybridized carbons (Fsp3) is 0.364. The smallest absolute Gasteiger partial charge is 0.237 e. The van der Waals surface area contributed by atoms with Crippen molar-refractivity contribution in [2.24, 2.45) is 5.92 Å². The lowest BCUT2D eigenvalue weighted by Crippen LogP contribution is -2.36. The van der Waals surface area contributed by atoms with E-state index in [9.17, 15) is 0 Å². The molecule has 0 amide bonds. The molecule has 8 nitrogen and oxygen atoms in total. The van der Waals surface area contributed by atoms with E-state index in [0.29, 0.717) is 35.0 Å². The van der Waals surface area contributed by atoms with Crippen molar-refractivity contribution in [3.8, 4) is 11.4 Å². The molecular formula is C22H23ClN6O2S. The highest BCUT2D eigenvalue weighted by Gasteiger charge is 2.24. The van der Waals surface area contributed by atoms with E-state index in [1.54, 1.807) is 6.26 Å². The van der Waals surface area contributed by atoms with Crippen molar-refractivity contribution in [3.05, 3.63) is 59.3 Å². The minimum absolute atomic E-state index is 0.486. The number of piperidine rings is 1. The molecule has 3 aromatic heterocycles. The van der Waals surface area contributed by atoms with Crippen LogP contribution in [-0.2, 0) is 12.3 Å². The van der Waals surface area contributed by atoms with Crippen LogP contribution < -0.4 is 4.90 Å². The normalized spacial score (nSPS) is 16.6. The number of hydrogen-bond donors (Lipinski definition) is 0. The first-order chi connectivity index (χ1) is 15.7. The highest BCUT2D eigenvalue weighted by molar-refractivity contribution is 7.98. The second kappa shape index (κ2) is 9.38. The zero-order valence-electron chi connectivity index (χ0n) is 17.6. The van der Waals surface area contributed by atoms with Crippen LogP contribution in [0.25, 0.3) is 11.4 Å². The summed E-state index contributed by atoms with van der Waals surface area (Å²) in [5.41, 5.74) is 0.819. The minimum Gasteiger partial charge on any atom is -0.467 e. The van der Waals surface area contributed by atoms with E-state index in [0.717, 1.165) is 41.9 Å². The minimum atomic E-state index is 0.486. The molecule has 0 aliphatic carbocycles. The fourth-order valence-corrected chi connectivity index (χ4v) is 4.83. The highest BCUT2D eigenvalue weighted by atomic mass is 35.5. The lowest BCUT2D eigenvalue weighted by Gasteiger charge is -2.31. The van der Waals surface area contributed by atoms with Crippen molar-refractivity contribution in [1.29, 1.82) is 0 Å². The van der Waals surface area contributed by atoms with E-state index in [-0.39, 0.29) is 0 Å². The molecule has 1 aromatic carbocycles. The van der Waals surface area contributed by atoms with E-state index in [4.69, 9.17) is 20.5 Å².